The fourth-order valence-electron chi connectivity index (χ4n) is 1.80. The van der Waals surface area contributed by atoms with Gasteiger partial charge in [-0.2, -0.15) is 0 Å². The molecule has 0 spiro atoms. The van der Waals surface area contributed by atoms with E-state index < -0.39 is 14.3 Å². The van der Waals surface area contributed by atoms with Crippen LogP contribution in [0.1, 0.15) is 29.7 Å². The number of rotatable bonds is 2. The van der Waals surface area contributed by atoms with Crippen LogP contribution < -0.4 is 4.74 Å². The van der Waals surface area contributed by atoms with Gasteiger partial charge in [0.2, 0.25) is 9.05 Å². The highest BCUT2D eigenvalue weighted by Gasteiger charge is 2.21. The van der Waals surface area contributed by atoms with Crippen LogP contribution in [0.3, 0.4) is 0 Å². The van der Waals surface area contributed by atoms with E-state index in [-0.39, 0.29) is 0 Å². The fourth-order valence-corrected chi connectivity index (χ4v) is 2.58. The Morgan fingerprint density at radius 3 is 2.88 bits per heavy atom. The number of ether oxygens (including phenoxy) is 1. The zero-order valence-electron chi connectivity index (χ0n) is 8.94. The Hall–Kier alpha value is -0.740. The summed E-state index contributed by atoms with van der Waals surface area (Å²) < 4.78 is 27.9. The van der Waals surface area contributed by atoms with Crippen molar-refractivity contribution in [3.05, 3.63) is 29.3 Å². The molecule has 0 saturated heterocycles. The summed E-state index contributed by atoms with van der Waals surface area (Å²) in [4.78, 5) is 0. The van der Waals surface area contributed by atoms with Gasteiger partial charge in [-0.15, -0.1) is 0 Å². The minimum Gasteiger partial charge on any atom is -0.493 e. The summed E-state index contributed by atoms with van der Waals surface area (Å²) in [5.41, 5.74) is 1.79. The van der Waals surface area contributed by atoms with Crippen molar-refractivity contribution in [1.82, 2.24) is 0 Å². The minimum absolute atomic E-state index is 0.679. The van der Waals surface area contributed by atoms with Crippen LogP contribution in [-0.2, 0) is 15.5 Å². The van der Waals surface area contributed by atoms with Gasteiger partial charge < -0.3 is 4.74 Å². The monoisotopic (exact) mass is 260 g/mol. The molecule has 1 aliphatic heterocycles. The van der Waals surface area contributed by atoms with Gasteiger partial charge in [0.25, 0.3) is 0 Å². The summed E-state index contributed by atoms with van der Waals surface area (Å²) in [7, 11) is 1.79. The molecule has 1 aliphatic rings. The Kier molecular flexibility index (Phi) is 3.13. The molecule has 0 fully saturated rings. The van der Waals surface area contributed by atoms with E-state index in [0.29, 0.717) is 0 Å². The topological polar surface area (TPSA) is 43.4 Å². The molecule has 0 aromatic heterocycles. The third kappa shape index (κ3) is 2.33. The van der Waals surface area contributed by atoms with Crippen molar-refractivity contribution in [2.45, 2.75) is 25.0 Å². The Morgan fingerprint density at radius 1 is 1.44 bits per heavy atom. The normalized spacial score (nSPS) is 17.4. The number of fused-ring (bicyclic) bond motifs is 1. The molecule has 88 valence electrons. The lowest BCUT2D eigenvalue weighted by Gasteiger charge is -2.19. The number of hydrogen-bond acceptors (Lipinski definition) is 3. The SMILES string of the molecule is CC(c1ccc2c(c1)CCCO2)S(=O)(=O)Cl. The summed E-state index contributed by atoms with van der Waals surface area (Å²) in [6.07, 6.45) is 1.90. The van der Waals surface area contributed by atoms with E-state index in [4.69, 9.17) is 15.4 Å². The van der Waals surface area contributed by atoms with Gasteiger partial charge in [-0.05, 0) is 37.0 Å². The van der Waals surface area contributed by atoms with Crippen molar-refractivity contribution >= 4 is 19.7 Å². The quantitative estimate of drug-likeness (QED) is 0.768. The number of halogens is 1. The average Bonchev–Trinajstić information content (AvgIpc) is 2.26. The maximum Gasteiger partial charge on any atom is 0.239 e. The zero-order chi connectivity index (χ0) is 11.8. The Labute approximate surface area is 99.8 Å². The first-order valence-electron chi connectivity index (χ1n) is 5.17. The molecular weight excluding hydrogens is 248 g/mol. The second-order valence-electron chi connectivity index (χ2n) is 3.94. The van der Waals surface area contributed by atoms with E-state index in [0.717, 1.165) is 36.3 Å². The smallest absolute Gasteiger partial charge is 0.239 e. The Bertz CT molecular complexity index is 496. The predicted molar refractivity (Wildman–Crippen MR) is 63.4 cm³/mol. The second kappa shape index (κ2) is 4.26. The van der Waals surface area contributed by atoms with Gasteiger partial charge in [0, 0.05) is 10.7 Å². The first-order valence-corrected chi connectivity index (χ1v) is 7.55. The van der Waals surface area contributed by atoms with E-state index in [9.17, 15) is 8.42 Å². The fraction of sp³-hybridized carbons (Fsp3) is 0.455. The number of hydrogen-bond donors (Lipinski definition) is 0. The molecule has 2 rings (SSSR count). The molecule has 5 heteroatoms. The minimum atomic E-state index is -3.55. The van der Waals surface area contributed by atoms with Crippen molar-refractivity contribution in [3.8, 4) is 5.75 Å². The van der Waals surface area contributed by atoms with Crippen molar-refractivity contribution in [3.63, 3.8) is 0 Å². The standard InChI is InChI=1S/C11H13ClO3S/c1-8(16(12,13)14)9-4-5-11-10(7-9)3-2-6-15-11/h4-5,7-8H,2-3,6H2,1H3. The van der Waals surface area contributed by atoms with Gasteiger partial charge in [-0.25, -0.2) is 8.42 Å². The summed E-state index contributed by atoms with van der Waals surface area (Å²) in [5.74, 6) is 0.856. The Balaban J connectivity index is 2.37. The highest BCUT2D eigenvalue weighted by Crippen LogP contribution is 2.31. The van der Waals surface area contributed by atoms with Gasteiger partial charge in [0.15, 0.2) is 0 Å². The van der Waals surface area contributed by atoms with E-state index in [1.165, 1.54) is 0 Å². The summed E-state index contributed by atoms with van der Waals surface area (Å²) >= 11 is 0. The first kappa shape index (κ1) is 11.7. The summed E-state index contributed by atoms with van der Waals surface area (Å²) in [6, 6.07) is 5.45. The van der Waals surface area contributed by atoms with E-state index in [1.54, 1.807) is 13.0 Å². The lowest BCUT2D eigenvalue weighted by Crippen LogP contribution is -2.10. The summed E-state index contributed by atoms with van der Waals surface area (Å²) in [6.45, 7) is 2.32. The van der Waals surface area contributed by atoms with Gasteiger partial charge in [0.1, 0.15) is 5.75 Å². The molecule has 1 unspecified atom stereocenters. The van der Waals surface area contributed by atoms with E-state index in [1.807, 2.05) is 12.1 Å². The third-order valence-corrected chi connectivity index (χ3v) is 4.74. The van der Waals surface area contributed by atoms with Crippen LogP contribution in [0, 0.1) is 0 Å². The molecule has 1 atom stereocenters. The molecule has 0 saturated carbocycles. The van der Waals surface area contributed by atoms with Crippen LogP contribution in [0.5, 0.6) is 5.75 Å². The first-order chi connectivity index (χ1) is 7.48. The third-order valence-electron chi connectivity index (χ3n) is 2.82. The van der Waals surface area contributed by atoms with Crippen LogP contribution in [0.2, 0.25) is 0 Å². The van der Waals surface area contributed by atoms with Gasteiger partial charge in [-0.3, -0.25) is 0 Å². The molecule has 3 nitrogen and oxygen atoms in total. The molecule has 16 heavy (non-hydrogen) atoms. The molecule has 1 aromatic rings. The molecule has 0 N–H and O–H groups in total. The van der Waals surface area contributed by atoms with Crippen LogP contribution >= 0.6 is 10.7 Å². The molecule has 0 radical (unpaired) electrons. The predicted octanol–water partition coefficient (Wildman–Crippen LogP) is 2.64. The van der Waals surface area contributed by atoms with E-state index >= 15 is 0 Å². The summed E-state index contributed by atoms with van der Waals surface area (Å²) in [5, 5.41) is -0.679. The number of benzene rings is 1. The highest BCUT2D eigenvalue weighted by atomic mass is 35.7. The molecule has 1 heterocycles. The molecular formula is C11H13ClO3S. The van der Waals surface area contributed by atoms with Crippen molar-refractivity contribution in [2.75, 3.05) is 6.61 Å². The van der Waals surface area contributed by atoms with Crippen LogP contribution in [-0.4, -0.2) is 15.0 Å². The maximum absolute atomic E-state index is 11.2. The largest absolute Gasteiger partial charge is 0.493 e. The second-order valence-corrected chi connectivity index (χ2v) is 6.89. The average molecular weight is 261 g/mol. The molecule has 1 aromatic carbocycles. The molecule has 0 bridgehead atoms. The van der Waals surface area contributed by atoms with Gasteiger partial charge in [0.05, 0.1) is 11.9 Å². The van der Waals surface area contributed by atoms with Gasteiger partial charge >= 0.3 is 0 Å². The van der Waals surface area contributed by atoms with Crippen molar-refractivity contribution in [2.24, 2.45) is 0 Å². The lowest BCUT2D eigenvalue weighted by molar-refractivity contribution is 0.288. The van der Waals surface area contributed by atoms with Crippen molar-refractivity contribution in [1.29, 1.82) is 0 Å². The number of aryl methyl sites for hydroxylation is 1. The lowest BCUT2D eigenvalue weighted by atomic mass is 10.0. The Morgan fingerprint density at radius 2 is 2.19 bits per heavy atom. The van der Waals surface area contributed by atoms with Gasteiger partial charge in [-0.1, -0.05) is 12.1 Å². The van der Waals surface area contributed by atoms with Crippen LogP contribution in [0.15, 0.2) is 18.2 Å². The van der Waals surface area contributed by atoms with Crippen molar-refractivity contribution < 1.29 is 13.2 Å². The van der Waals surface area contributed by atoms with Crippen LogP contribution in [0.25, 0.3) is 0 Å². The molecule has 0 amide bonds. The van der Waals surface area contributed by atoms with E-state index in [2.05, 4.69) is 0 Å². The zero-order valence-corrected chi connectivity index (χ0v) is 10.5. The highest BCUT2D eigenvalue weighted by molar-refractivity contribution is 8.13. The molecule has 0 aliphatic carbocycles. The van der Waals surface area contributed by atoms with Crippen LogP contribution in [0.4, 0.5) is 0 Å². The maximum atomic E-state index is 11.2.